The number of hydrogen-bond donors (Lipinski definition) is 1. The van der Waals surface area contributed by atoms with Crippen LogP contribution in [0.4, 0.5) is 0 Å². The van der Waals surface area contributed by atoms with Crippen LogP contribution in [0.3, 0.4) is 0 Å². The van der Waals surface area contributed by atoms with Crippen molar-refractivity contribution in [2.24, 2.45) is 0 Å². The fourth-order valence-electron chi connectivity index (χ4n) is 4.58. The summed E-state index contributed by atoms with van der Waals surface area (Å²) < 4.78 is 5.71. The van der Waals surface area contributed by atoms with Crippen LogP contribution >= 0.6 is 0 Å². The zero-order chi connectivity index (χ0) is 29.4. The average Bonchev–Trinajstić information content (AvgIpc) is 2.94. The summed E-state index contributed by atoms with van der Waals surface area (Å²) >= 11 is 0. The van der Waals surface area contributed by atoms with E-state index in [4.69, 9.17) is 9.84 Å². The Morgan fingerprint density at radius 2 is 1.05 bits per heavy atom. The van der Waals surface area contributed by atoms with Gasteiger partial charge in [-0.05, 0) is 70.6 Å². The average molecular weight is 559 g/mol. The van der Waals surface area contributed by atoms with Crippen LogP contribution in [0.5, 0.6) is 0 Å². The van der Waals surface area contributed by atoms with E-state index in [1.165, 1.54) is 64.2 Å². The molecule has 0 saturated heterocycles. The quantitative estimate of drug-likeness (QED) is 0.0563. The lowest BCUT2D eigenvalue weighted by atomic mass is 10.0. The first-order chi connectivity index (χ1) is 19.6. The zero-order valence-corrected chi connectivity index (χ0v) is 26.1. The van der Waals surface area contributed by atoms with E-state index in [0.29, 0.717) is 12.8 Å². The number of hydrogen-bond acceptors (Lipinski definition) is 3. The zero-order valence-electron chi connectivity index (χ0n) is 26.1. The molecule has 230 valence electrons. The van der Waals surface area contributed by atoms with Gasteiger partial charge in [-0.3, -0.25) is 9.59 Å². The fourth-order valence-corrected chi connectivity index (χ4v) is 4.58. The first kappa shape index (κ1) is 37.9. The van der Waals surface area contributed by atoms with E-state index < -0.39 is 5.97 Å². The summed E-state index contributed by atoms with van der Waals surface area (Å²) in [4.78, 5) is 22.7. The molecule has 0 aromatic carbocycles. The van der Waals surface area contributed by atoms with Crippen LogP contribution in [0.25, 0.3) is 0 Å². The molecule has 0 aromatic heterocycles. The van der Waals surface area contributed by atoms with Crippen LogP contribution in [-0.2, 0) is 14.3 Å². The molecule has 4 nitrogen and oxygen atoms in total. The van der Waals surface area contributed by atoms with Crippen LogP contribution in [0.15, 0.2) is 48.6 Å². The van der Waals surface area contributed by atoms with E-state index in [2.05, 4.69) is 62.5 Å². The van der Waals surface area contributed by atoms with Crippen LogP contribution in [-0.4, -0.2) is 23.1 Å². The number of rotatable bonds is 29. The third kappa shape index (κ3) is 30.4. The second-order valence-electron chi connectivity index (χ2n) is 11.0. The van der Waals surface area contributed by atoms with Gasteiger partial charge in [0.05, 0.1) is 0 Å². The predicted molar refractivity (Wildman–Crippen MR) is 172 cm³/mol. The topological polar surface area (TPSA) is 63.6 Å². The number of ether oxygens (including phenoxy) is 1. The van der Waals surface area contributed by atoms with E-state index in [1.807, 2.05) is 0 Å². The molecule has 1 atom stereocenters. The SMILES string of the molecule is CCCCC/C=C\C/C=C\C/C=C\C/C=C\CCCC(=O)OC(CC)CCCCCCCCCCCCC(=O)O. The van der Waals surface area contributed by atoms with Gasteiger partial charge >= 0.3 is 11.9 Å². The van der Waals surface area contributed by atoms with Gasteiger partial charge < -0.3 is 9.84 Å². The van der Waals surface area contributed by atoms with Gasteiger partial charge in [-0.15, -0.1) is 0 Å². The van der Waals surface area contributed by atoms with Crippen molar-refractivity contribution in [1.82, 2.24) is 0 Å². The van der Waals surface area contributed by atoms with Crippen molar-refractivity contribution in [2.75, 3.05) is 0 Å². The summed E-state index contributed by atoms with van der Waals surface area (Å²) in [6.07, 6.45) is 42.0. The highest BCUT2D eigenvalue weighted by molar-refractivity contribution is 5.69. The molecule has 0 aliphatic heterocycles. The molecule has 40 heavy (non-hydrogen) atoms. The van der Waals surface area contributed by atoms with Gasteiger partial charge in [-0.25, -0.2) is 0 Å². The normalized spacial score (nSPS) is 12.8. The van der Waals surface area contributed by atoms with Crippen LogP contribution in [0.1, 0.15) is 162 Å². The second-order valence-corrected chi connectivity index (χ2v) is 11.0. The minimum atomic E-state index is -0.682. The highest BCUT2D eigenvalue weighted by Crippen LogP contribution is 2.15. The lowest BCUT2D eigenvalue weighted by Gasteiger charge is -2.16. The molecular weight excluding hydrogens is 496 g/mol. The minimum absolute atomic E-state index is 0.0499. The Morgan fingerprint density at radius 1 is 0.575 bits per heavy atom. The highest BCUT2D eigenvalue weighted by Gasteiger charge is 2.11. The van der Waals surface area contributed by atoms with Crippen molar-refractivity contribution in [1.29, 1.82) is 0 Å². The Morgan fingerprint density at radius 3 is 1.55 bits per heavy atom. The Bertz CT molecular complexity index is 689. The van der Waals surface area contributed by atoms with Gasteiger partial charge in [0.2, 0.25) is 0 Å². The number of aliphatic carboxylic acids is 1. The molecule has 0 aromatic rings. The summed E-state index contributed by atoms with van der Waals surface area (Å²) in [5.41, 5.74) is 0. The molecule has 0 heterocycles. The van der Waals surface area contributed by atoms with Crippen molar-refractivity contribution in [2.45, 2.75) is 168 Å². The van der Waals surface area contributed by atoms with Gasteiger partial charge in [0.25, 0.3) is 0 Å². The summed E-state index contributed by atoms with van der Waals surface area (Å²) in [5.74, 6) is -0.732. The molecule has 0 radical (unpaired) electrons. The first-order valence-electron chi connectivity index (χ1n) is 16.6. The number of carboxylic acid groups (broad SMARTS) is 1. The number of carbonyl (C=O) groups is 2. The second kappa shape index (κ2) is 31.4. The number of allylic oxidation sites excluding steroid dienone is 8. The molecule has 4 heteroatoms. The van der Waals surface area contributed by atoms with Gasteiger partial charge in [0.1, 0.15) is 6.10 Å². The standard InChI is InChI=1S/C36H62O4/c1-3-5-6-7-8-9-10-11-12-13-14-15-16-21-24-27-30-33-36(39)40-34(4-2)31-28-25-22-19-17-18-20-23-26-29-32-35(37)38/h8-9,11-12,14-15,21,24,34H,3-7,10,13,16-20,22-23,25-33H2,1-2H3,(H,37,38)/b9-8-,12-11-,15-14-,24-21-. The number of carbonyl (C=O) groups excluding carboxylic acids is 1. The van der Waals surface area contributed by atoms with Gasteiger partial charge in [0, 0.05) is 12.8 Å². The van der Waals surface area contributed by atoms with E-state index >= 15 is 0 Å². The molecule has 1 N–H and O–H groups in total. The lowest BCUT2D eigenvalue weighted by Crippen LogP contribution is -2.17. The summed E-state index contributed by atoms with van der Waals surface area (Å²) in [5, 5.41) is 8.64. The van der Waals surface area contributed by atoms with E-state index in [9.17, 15) is 9.59 Å². The van der Waals surface area contributed by atoms with Gasteiger partial charge in [-0.1, -0.05) is 127 Å². The third-order valence-electron chi connectivity index (χ3n) is 7.13. The molecule has 0 fully saturated rings. The molecule has 0 rings (SSSR count). The van der Waals surface area contributed by atoms with Crippen molar-refractivity contribution in [3.63, 3.8) is 0 Å². The largest absolute Gasteiger partial charge is 0.481 e. The fraction of sp³-hybridized carbons (Fsp3) is 0.722. The maximum absolute atomic E-state index is 12.2. The number of unbranched alkanes of at least 4 members (excludes halogenated alkanes) is 13. The minimum Gasteiger partial charge on any atom is -0.481 e. The number of carboxylic acids is 1. The summed E-state index contributed by atoms with van der Waals surface area (Å²) in [7, 11) is 0. The first-order valence-corrected chi connectivity index (χ1v) is 16.6. The molecular formula is C36H62O4. The van der Waals surface area contributed by atoms with Crippen LogP contribution in [0, 0.1) is 0 Å². The van der Waals surface area contributed by atoms with Crippen LogP contribution < -0.4 is 0 Å². The third-order valence-corrected chi connectivity index (χ3v) is 7.13. The molecule has 0 aliphatic carbocycles. The van der Waals surface area contributed by atoms with Crippen molar-refractivity contribution >= 4 is 11.9 Å². The van der Waals surface area contributed by atoms with Crippen molar-refractivity contribution in [3.8, 4) is 0 Å². The predicted octanol–water partition coefficient (Wildman–Crippen LogP) is 11.2. The smallest absolute Gasteiger partial charge is 0.306 e. The number of esters is 1. The van der Waals surface area contributed by atoms with Gasteiger partial charge in [0.15, 0.2) is 0 Å². The Hall–Kier alpha value is -2.10. The molecule has 1 unspecified atom stereocenters. The summed E-state index contributed by atoms with van der Waals surface area (Å²) in [6, 6.07) is 0. The van der Waals surface area contributed by atoms with E-state index in [-0.39, 0.29) is 12.1 Å². The monoisotopic (exact) mass is 558 g/mol. The maximum Gasteiger partial charge on any atom is 0.306 e. The summed E-state index contributed by atoms with van der Waals surface area (Å²) in [6.45, 7) is 4.34. The molecule has 0 aliphatic rings. The van der Waals surface area contributed by atoms with Gasteiger partial charge in [-0.2, -0.15) is 0 Å². The van der Waals surface area contributed by atoms with E-state index in [1.54, 1.807) is 0 Å². The highest BCUT2D eigenvalue weighted by atomic mass is 16.5. The molecule has 0 amide bonds. The van der Waals surface area contributed by atoms with Crippen molar-refractivity contribution < 1.29 is 19.4 Å². The Balaban J connectivity index is 3.62. The van der Waals surface area contributed by atoms with Crippen LogP contribution in [0.2, 0.25) is 0 Å². The molecule has 0 bridgehead atoms. The Kier molecular flexibility index (Phi) is 29.8. The maximum atomic E-state index is 12.2. The van der Waals surface area contributed by atoms with E-state index in [0.717, 1.165) is 70.6 Å². The molecule has 0 saturated carbocycles. The molecule has 0 spiro atoms. The lowest BCUT2D eigenvalue weighted by molar-refractivity contribution is -0.149. The van der Waals surface area contributed by atoms with Crippen molar-refractivity contribution in [3.05, 3.63) is 48.6 Å². The Labute approximate surface area is 247 Å².